The largest absolute Gasteiger partial charge is 0.323 e. The van der Waals surface area contributed by atoms with E-state index in [4.69, 9.17) is 0 Å². The highest BCUT2D eigenvalue weighted by Crippen LogP contribution is 2.24. The third kappa shape index (κ3) is 5.03. The van der Waals surface area contributed by atoms with Crippen LogP contribution in [0.15, 0.2) is 71.9 Å². The van der Waals surface area contributed by atoms with Crippen LogP contribution >= 0.6 is 0 Å². The van der Waals surface area contributed by atoms with E-state index in [1.165, 1.54) is 9.87 Å². The fraction of sp³-hybridized carbons (Fsp3) is 0.304. The van der Waals surface area contributed by atoms with Crippen molar-refractivity contribution in [3.63, 3.8) is 0 Å². The summed E-state index contributed by atoms with van der Waals surface area (Å²) in [5.41, 5.74) is 3.00. The smallest absolute Gasteiger partial charge is 0.243 e. The summed E-state index contributed by atoms with van der Waals surface area (Å²) in [5, 5.41) is 7.25. The Balaban J connectivity index is 1.31. The summed E-state index contributed by atoms with van der Waals surface area (Å²) in [4.78, 5) is 13.0. The number of aryl methyl sites for hydroxylation is 1. The van der Waals surface area contributed by atoms with Gasteiger partial charge in [0.05, 0.1) is 23.3 Å². The predicted octanol–water partition coefficient (Wildman–Crippen LogP) is 3.28. The summed E-state index contributed by atoms with van der Waals surface area (Å²) in [5.74, 6) is -0.311. The number of benzene rings is 2. The van der Waals surface area contributed by atoms with Crippen molar-refractivity contribution in [3.8, 4) is 0 Å². The average Bonchev–Trinajstić information content (AvgIpc) is 3.22. The second-order valence-electron chi connectivity index (χ2n) is 7.89. The highest BCUT2D eigenvalue weighted by atomic mass is 32.2. The molecule has 7 nitrogen and oxygen atoms in total. The highest BCUT2D eigenvalue weighted by Gasteiger charge is 2.32. The lowest BCUT2D eigenvalue weighted by molar-refractivity contribution is -0.120. The third-order valence-corrected chi connectivity index (χ3v) is 7.48. The highest BCUT2D eigenvalue weighted by molar-refractivity contribution is 7.89. The first kappa shape index (κ1) is 21.3. The van der Waals surface area contributed by atoms with Crippen molar-refractivity contribution in [2.75, 3.05) is 18.4 Å². The fourth-order valence-electron chi connectivity index (χ4n) is 3.74. The van der Waals surface area contributed by atoms with Crippen LogP contribution in [0.4, 0.5) is 5.69 Å². The van der Waals surface area contributed by atoms with E-state index >= 15 is 0 Å². The van der Waals surface area contributed by atoms with E-state index in [0.717, 1.165) is 5.56 Å². The summed E-state index contributed by atoms with van der Waals surface area (Å²) in [6.07, 6.45) is 4.44. The van der Waals surface area contributed by atoms with Crippen LogP contribution in [0.2, 0.25) is 0 Å². The molecule has 0 radical (unpaired) electrons. The summed E-state index contributed by atoms with van der Waals surface area (Å²) in [7, 11) is -3.51. The monoisotopic (exact) mass is 438 g/mol. The molecule has 2 heterocycles. The lowest BCUT2D eigenvalue weighted by atomic mass is 9.97. The Morgan fingerprint density at radius 2 is 1.74 bits per heavy atom. The van der Waals surface area contributed by atoms with E-state index in [1.807, 2.05) is 13.1 Å². The van der Waals surface area contributed by atoms with Crippen molar-refractivity contribution in [3.05, 3.63) is 78.1 Å². The van der Waals surface area contributed by atoms with Gasteiger partial charge in [-0.15, -0.1) is 0 Å². The maximum Gasteiger partial charge on any atom is 0.243 e. The molecule has 162 valence electrons. The molecule has 0 saturated carbocycles. The molecule has 0 spiro atoms. The molecule has 1 N–H and O–H groups in total. The van der Waals surface area contributed by atoms with Crippen molar-refractivity contribution in [2.45, 2.75) is 31.2 Å². The molecule has 1 aliphatic rings. The number of carbonyl (C=O) groups is 1. The van der Waals surface area contributed by atoms with Crippen LogP contribution < -0.4 is 5.32 Å². The first-order chi connectivity index (χ1) is 14.9. The van der Waals surface area contributed by atoms with Gasteiger partial charge in [-0.1, -0.05) is 48.0 Å². The second-order valence-corrected chi connectivity index (χ2v) is 9.83. The molecule has 1 saturated heterocycles. The van der Waals surface area contributed by atoms with Gasteiger partial charge in [0.2, 0.25) is 15.9 Å². The van der Waals surface area contributed by atoms with Gasteiger partial charge in [0, 0.05) is 25.2 Å². The number of nitrogens with zero attached hydrogens (tertiary/aromatic N) is 3. The quantitative estimate of drug-likeness (QED) is 0.640. The number of piperidine rings is 1. The summed E-state index contributed by atoms with van der Waals surface area (Å²) in [6, 6.07) is 16.7. The molecule has 3 aromatic rings. The van der Waals surface area contributed by atoms with Crippen LogP contribution in [0, 0.1) is 12.8 Å². The minimum absolute atomic E-state index is 0.0911. The van der Waals surface area contributed by atoms with Gasteiger partial charge < -0.3 is 5.32 Å². The Morgan fingerprint density at radius 1 is 1.06 bits per heavy atom. The molecule has 0 unspecified atom stereocenters. The first-order valence-electron chi connectivity index (χ1n) is 10.4. The molecule has 1 aromatic heterocycles. The Hall–Kier alpha value is -2.97. The molecule has 8 heteroatoms. The number of anilines is 1. The molecule has 1 aliphatic heterocycles. The SMILES string of the molecule is Cc1ccc(Cn2cc(NC(=O)C3CCN(S(=O)(=O)c4ccccc4)CC3)cn2)cc1. The van der Waals surface area contributed by atoms with Crippen LogP contribution in [-0.4, -0.2) is 41.5 Å². The van der Waals surface area contributed by atoms with Gasteiger partial charge in [-0.25, -0.2) is 8.42 Å². The van der Waals surface area contributed by atoms with E-state index in [9.17, 15) is 13.2 Å². The lowest BCUT2D eigenvalue weighted by Crippen LogP contribution is -2.41. The lowest BCUT2D eigenvalue weighted by Gasteiger charge is -2.30. The van der Waals surface area contributed by atoms with Crippen LogP contribution in [0.5, 0.6) is 0 Å². The Morgan fingerprint density at radius 3 is 2.42 bits per heavy atom. The zero-order valence-corrected chi connectivity index (χ0v) is 18.3. The molecule has 0 bridgehead atoms. The molecule has 0 atom stereocenters. The van der Waals surface area contributed by atoms with E-state index in [2.05, 4.69) is 34.7 Å². The van der Waals surface area contributed by atoms with Gasteiger partial charge in [-0.2, -0.15) is 9.40 Å². The van der Waals surface area contributed by atoms with Crippen molar-refractivity contribution in [1.29, 1.82) is 0 Å². The van der Waals surface area contributed by atoms with Gasteiger partial charge in [0.15, 0.2) is 0 Å². The summed E-state index contributed by atoms with van der Waals surface area (Å²) >= 11 is 0. The number of amides is 1. The fourth-order valence-corrected chi connectivity index (χ4v) is 5.23. The molecule has 2 aromatic carbocycles. The van der Waals surface area contributed by atoms with Crippen molar-refractivity contribution in [2.24, 2.45) is 5.92 Å². The van der Waals surface area contributed by atoms with Crippen molar-refractivity contribution in [1.82, 2.24) is 14.1 Å². The first-order valence-corrected chi connectivity index (χ1v) is 11.8. The van der Waals surface area contributed by atoms with Crippen molar-refractivity contribution >= 4 is 21.6 Å². The minimum Gasteiger partial charge on any atom is -0.323 e. The van der Waals surface area contributed by atoms with Gasteiger partial charge >= 0.3 is 0 Å². The minimum atomic E-state index is -3.51. The Kier molecular flexibility index (Phi) is 6.20. The van der Waals surface area contributed by atoms with E-state index < -0.39 is 10.0 Å². The number of nitrogens with one attached hydrogen (secondary N) is 1. The standard InChI is InChI=1S/C23H26N4O3S/c1-18-7-9-19(10-8-18)16-26-17-21(15-24-26)25-23(28)20-11-13-27(14-12-20)31(29,30)22-5-3-2-4-6-22/h2-10,15,17,20H,11-14,16H2,1H3,(H,25,28). The molecule has 4 rings (SSSR count). The topological polar surface area (TPSA) is 84.3 Å². The third-order valence-electron chi connectivity index (χ3n) is 5.57. The normalized spacial score (nSPS) is 15.6. The van der Waals surface area contributed by atoms with E-state index in [0.29, 0.717) is 43.1 Å². The van der Waals surface area contributed by atoms with Gasteiger partial charge in [-0.05, 0) is 37.5 Å². The van der Waals surface area contributed by atoms with Crippen molar-refractivity contribution < 1.29 is 13.2 Å². The van der Waals surface area contributed by atoms with Gasteiger partial charge in [0.1, 0.15) is 0 Å². The number of aromatic nitrogens is 2. The van der Waals surface area contributed by atoms with Crippen LogP contribution in [0.3, 0.4) is 0 Å². The Labute approximate surface area is 182 Å². The maximum absolute atomic E-state index is 12.7. The zero-order valence-electron chi connectivity index (χ0n) is 17.4. The number of hydrogen-bond acceptors (Lipinski definition) is 4. The molecule has 0 aliphatic carbocycles. The number of carbonyl (C=O) groups excluding carboxylic acids is 1. The van der Waals surface area contributed by atoms with Gasteiger partial charge in [-0.3, -0.25) is 9.48 Å². The van der Waals surface area contributed by atoms with E-state index in [-0.39, 0.29) is 11.8 Å². The molecular weight excluding hydrogens is 412 g/mol. The summed E-state index contributed by atoms with van der Waals surface area (Å²) < 4.78 is 28.7. The van der Waals surface area contributed by atoms with Gasteiger partial charge in [0.25, 0.3) is 0 Å². The second kappa shape index (κ2) is 9.03. The molecule has 1 fully saturated rings. The number of sulfonamides is 1. The van der Waals surface area contributed by atoms with Crippen LogP contribution in [-0.2, 0) is 21.4 Å². The Bertz CT molecular complexity index is 1130. The average molecular weight is 439 g/mol. The zero-order chi connectivity index (χ0) is 21.8. The summed E-state index contributed by atoms with van der Waals surface area (Å²) in [6.45, 7) is 3.35. The predicted molar refractivity (Wildman–Crippen MR) is 119 cm³/mol. The molecule has 1 amide bonds. The molecular formula is C23H26N4O3S. The molecule has 31 heavy (non-hydrogen) atoms. The number of rotatable bonds is 6. The maximum atomic E-state index is 12.7. The van der Waals surface area contributed by atoms with Crippen LogP contribution in [0.1, 0.15) is 24.0 Å². The number of hydrogen-bond donors (Lipinski definition) is 1. The van der Waals surface area contributed by atoms with E-state index in [1.54, 1.807) is 41.2 Å². The van der Waals surface area contributed by atoms with Crippen LogP contribution in [0.25, 0.3) is 0 Å².